The fraction of sp³-hybridized carbons (Fsp3) is 0.0750. The van der Waals surface area contributed by atoms with Crippen molar-refractivity contribution in [3.8, 4) is 28.2 Å². The molecule has 0 radical (unpaired) electrons. The monoisotopic (exact) mass is 562 g/mol. The summed E-state index contributed by atoms with van der Waals surface area (Å²) in [5.74, 6) is 1.05. The van der Waals surface area contributed by atoms with Crippen LogP contribution in [-0.2, 0) is 5.41 Å². The lowest BCUT2D eigenvalue weighted by Crippen LogP contribution is -2.35. The maximum atomic E-state index is 5.41. The van der Waals surface area contributed by atoms with E-state index in [4.69, 9.17) is 15.0 Å². The summed E-state index contributed by atoms with van der Waals surface area (Å²) in [4.78, 5) is 15.7. The molecule has 2 atom stereocenters. The van der Waals surface area contributed by atoms with Crippen molar-refractivity contribution in [2.24, 2.45) is 5.92 Å². The smallest absolute Gasteiger partial charge is 0.165 e. The fourth-order valence-corrected chi connectivity index (χ4v) is 7.98. The molecule has 7 aromatic rings. The largest absolute Gasteiger partial charge is 0.290 e. The third kappa shape index (κ3) is 2.95. The number of fused-ring (bicyclic) bond motifs is 6. The molecule has 0 spiro atoms. The molecule has 0 aliphatic heterocycles. The Kier molecular flexibility index (Phi) is 4.61. The van der Waals surface area contributed by atoms with E-state index < -0.39 is 0 Å². The van der Waals surface area contributed by atoms with Crippen molar-refractivity contribution in [1.82, 2.24) is 19.5 Å². The zero-order valence-corrected chi connectivity index (χ0v) is 24.1. The Morgan fingerprint density at radius 1 is 0.750 bits per heavy atom. The molecule has 4 aromatic carbocycles. The summed E-state index contributed by atoms with van der Waals surface area (Å²) in [5, 5.41) is 2.36. The first-order valence-corrected chi connectivity index (χ1v) is 15.2. The fourth-order valence-electron chi connectivity index (χ4n) is 7.98. The molecular weight excluding hydrogens is 536 g/mol. The Bertz CT molecular complexity index is 2460. The van der Waals surface area contributed by atoms with Crippen LogP contribution in [0.3, 0.4) is 0 Å². The first-order chi connectivity index (χ1) is 21.7. The highest BCUT2D eigenvalue weighted by Gasteiger charge is 2.48. The molecule has 4 heteroatoms. The van der Waals surface area contributed by atoms with Gasteiger partial charge in [0.25, 0.3) is 0 Å². The SMILES string of the molecule is CC12C3=CC=CC1C=Cc1c2c2c(cc4cccnc4c2n1-c1nc2ccccc2nc1-c1ccccc1)-c1ccccc13. The molecule has 0 saturated carbocycles. The lowest BCUT2D eigenvalue weighted by Gasteiger charge is -2.41. The second-order valence-corrected chi connectivity index (χ2v) is 12.2. The van der Waals surface area contributed by atoms with Crippen molar-refractivity contribution in [3.63, 3.8) is 0 Å². The van der Waals surface area contributed by atoms with Gasteiger partial charge in [0.2, 0.25) is 0 Å². The molecule has 206 valence electrons. The summed E-state index contributed by atoms with van der Waals surface area (Å²) < 4.78 is 2.37. The van der Waals surface area contributed by atoms with Crippen LogP contribution < -0.4 is 0 Å². The van der Waals surface area contributed by atoms with E-state index in [-0.39, 0.29) is 11.3 Å². The third-order valence-electron chi connectivity index (χ3n) is 9.95. The van der Waals surface area contributed by atoms with Crippen LogP contribution in [0.2, 0.25) is 0 Å². The summed E-state index contributed by atoms with van der Waals surface area (Å²) in [5.41, 5.74) is 13.1. The predicted molar refractivity (Wildman–Crippen MR) is 180 cm³/mol. The summed E-state index contributed by atoms with van der Waals surface area (Å²) in [6.45, 7) is 2.43. The molecule has 0 bridgehead atoms. The van der Waals surface area contributed by atoms with Crippen molar-refractivity contribution < 1.29 is 0 Å². The van der Waals surface area contributed by atoms with Crippen molar-refractivity contribution in [1.29, 1.82) is 0 Å². The van der Waals surface area contributed by atoms with Gasteiger partial charge in [0.1, 0.15) is 5.69 Å². The minimum Gasteiger partial charge on any atom is -0.290 e. The minimum absolute atomic E-state index is 0.226. The molecule has 4 nitrogen and oxygen atoms in total. The van der Waals surface area contributed by atoms with E-state index in [1.807, 2.05) is 36.5 Å². The van der Waals surface area contributed by atoms with Gasteiger partial charge in [-0.3, -0.25) is 9.55 Å². The van der Waals surface area contributed by atoms with E-state index in [9.17, 15) is 0 Å². The zero-order chi connectivity index (χ0) is 29.0. The first-order valence-electron chi connectivity index (χ1n) is 15.2. The quantitative estimate of drug-likeness (QED) is 0.211. The van der Waals surface area contributed by atoms with Crippen LogP contribution in [0.25, 0.3) is 72.7 Å². The number of hydrogen-bond acceptors (Lipinski definition) is 3. The van der Waals surface area contributed by atoms with Crippen molar-refractivity contribution >= 4 is 44.5 Å². The molecule has 0 saturated heterocycles. The van der Waals surface area contributed by atoms with Gasteiger partial charge < -0.3 is 0 Å². The Morgan fingerprint density at radius 3 is 2.39 bits per heavy atom. The van der Waals surface area contributed by atoms with Crippen LogP contribution in [0.1, 0.15) is 23.7 Å². The highest BCUT2D eigenvalue weighted by atomic mass is 15.1. The molecule has 2 unspecified atom stereocenters. The van der Waals surface area contributed by atoms with Gasteiger partial charge in [0, 0.05) is 33.9 Å². The number of para-hydroxylation sites is 2. The molecule has 3 aliphatic rings. The van der Waals surface area contributed by atoms with Gasteiger partial charge in [-0.15, -0.1) is 0 Å². The van der Waals surface area contributed by atoms with Gasteiger partial charge in [-0.25, -0.2) is 9.97 Å². The van der Waals surface area contributed by atoms with E-state index in [0.29, 0.717) is 0 Å². The van der Waals surface area contributed by atoms with Crippen molar-refractivity contribution in [2.45, 2.75) is 12.3 Å². The number of hydrogen-bond donors (Lipinski definition) is 0. The summed E-state index contributed by atoms with van der Waals surface area (Å²) in [6, 6.07) is 34.1. The number of benzene rings is 4. The van der Waals surface area contributed by atoms with Gasteiger partial charge in [-0.05, 0) is 58.2 Å². The highest BCUT2D eigenvalue weighted by Crippen LogP contribution is 2.59. The van der Waals surface area contributed by atoms with Crippen LogP contribution in [-0.4, -0.2) is 19.5 Å². The predicted octanol–water partition coefficient (Wildman–Crippen LogP) is 9.32. The normalized spacial score (nSPS) is 19.3. The lowest BCUT2D eigenvalue weighted by molar-refractivity contribution is 0.514. The van der Waals surface area contributed by atoms with Crippen molar-refractivity contribution in [3.05, 3.63) is 144 Å². The number of rotatable bonds is 2. The van der Waals surface area contributed by atoms with Crippen LogP contribution >= 0.6 is 0 Å². The summed E-state index contributed by atoms with van der Waals surface area (Å²) >= 11 is 0. The van der Waals surface area contributed by atoms with Gasteiger partial charge in [0.05, 0.1) is 27.8 Å². The Morgan fingerprint density at radius 2 is 1.52 bits per heavy atom. The third-order valence-corrected chi connectivity index (χ3v) is 9.95. The Hall–Kier alpha value is -5.61. The maximum absolute atomic E-state index is 5.41. The number of pyridine rings is 1. The molecule has 3 aliphatic carbocycles. The van der Waals surface area contributed by atoms with Gasteiger partial charge in [0.15, 0.2) is 5.82 Å². The molecule has 44 heavy (non-hydrogen) atoms. The molecule has 0 N–H and O–H groups in total. The average molecular weight is 563 g/mol. The Balaban J connectivity index is 1.47. The average Bonchev–Trinajstić information content (AvgIpc) is 3.40. The van der Waals surface area contributed by atoms with Crippen LogP contribution in [0, 0.1) is 5.92 Å². The van der Waals surface area contributed by atoms with E-state index in [2.05, 4.69) is 109 Å². The molecule has 0 fully saturated rings. The second-order valence-electron chi connectivity index (χ2n) is 12.2. The number of nitrogens with zero attached hydrogens (tertiary/aromatic N) is 4. The van der Waals surface area contributed by atoms with E-state index >= 15 is 0 Å². The lowest BCUT2D eigenvalue weighted by atomic mass is 9.61. The molecule has 3 aromatic heterocycles. The van der Waals surface area contributed by atoms with E-state index in [1.54, 1.807) is 0 Å². The van der Waals surface area contributed by atoms with E-state index in [0.717, 1.165) is 50.2 Å². The minimum atomic E-state index is -0.274. The van der Waals surface area contributed by atoms with Crippen LogP contribution in [0.5, 0.6) is 0 Å². The molecular formula is C40H26N4. The number of allylic oxidation sites excluding steroid dienone is 5. The first kappa shape index (κ1) is 23.9. The maximum Gasteiger partial charge on any atom is 0.165 e. The van der Waals surface area contributed by atoms with Gasteiger partial charge in [-0.2, -0.15) is 0 Å². The van der Waals surface area contributed by atoms with E-state index in [1.165, 1.54) is 33.2 Å². The van der Waals surface area contributed by atoms with Gasteiger partial charge >= 0.3 is 0 Å². The van der Waals surface area contributed by atoms with Crippen LogP contribution in [0.4, 0.5) is 0 Å². The number of aromatic nitrogens is 4. The molecule has 10 rings (SSSR count). The molecule has 3 heterocycles. The summed E-state index contributed by atoms with van der Waals surface area (Å²) in [7, 11) is 0. The molecule has 0 amide bonds. The summed E-state index contributed by atoms with van der Waals surface area (Å²) in [6.07, 6.45) is 13.5. The van der Waals surface area contributed by atoms with Gasteiger partial charge in [-0.1, -0.05) is 104 Å². The Labute approximate surface area is 254 Å². The second kappa shape index (κ2) is 8.48. The van der Waals surface area contributed by atoms with Crippen LogP contribution in [0.15, 0.2) is 128 Å². The standard InChI is InChI=1S/C40H26N4/c1-40-26-14-9-17-30(40)28-16-6-5-15-27(28)29-23-25-13-10-22-41-36(25)38-34(29)35(40)33(21-20-26)44(38)39-37(24-11-3-2-4-12-24)42-31-18-7-8-19-32(31)43-39/h2-23,26H,1H3. The highest BCUT2D eigenvalue weighted by molar-refractivity contribution is 6.18. The topological polar surface area (TPSA) is 43.6 Å². The zero-order valence-electron chi connectivity index (χ0n) is 24.1. The van der Waals surface area contributed by atoms with Crippen molar-refractivity contribution in [2.75, 3.05) is 0 Å².